The van der Waals surface area contributed by atoms with Crippen LogP contribution in [0, 0.1) is 0 Å². The Hall–Kier alpha value is -0.970. The van der Waals surface area contributed by atoms with Crippen LogP contribution < -0.4 is 5.73 Å². The van der Waals surface area contributed by atoms with Gasteiger partial charge < -0.3 is 5.73 Å². The number of rotatable bonds is 2. The molecule has 3 N–H and O–H groups in total. The van der Waals surface area contributed by atoms with Gasteiger partial charge in [0.1, 0.15) is 0 Å². The molecule has 0 spiro atoms. The highest BCUT2D eigenvalue weighted by Gasteiger charge is 2.30. The molecule has 1 aromatic heterocycles. The van der Waals surface area contributed by atoms with Crippen molar-refractivity contribution in [2.24, 2.45) is 5.73 Å². The third-order valence-electron chi connectivity index (χ3n) is 1.18. The van der Waals surface area contributed by atoms with Gasteiger partial charge in [0.15, 0.2) is 0 Å². The topological polar surface area (TPSA) is 54.7 Å². The molecule has 1 heterocycles. The van der Waals surface area contributed by atoms with Gasteiger partial charge in [-0.2, -0.15) is 13.9 Å². The zero-order valence-electron chi connectivity index (χ0n) is 5.14. The molecule has 56 valence electrons. The molecule has 0 fully saturated rings. The second-order valence-corrected chi connectivity index (χ2v) is 1.90. The second-order valence-electron chi connectivity index (χ2n) is 1.90. The van der Waals surface area contributed by atoms with E-state index in [1.165, 1.54) is 0 Å². The molecule has 0 aliphatic heterocycles. The smallest absolute Gasteiger partial charge is 0.288 e. The minimum absolute atomic E-state index is 0.171. The maximum Gasteiger partial charge on any atom is 0.288 e. The lowest BCUT2D eigenvalue weighted by Crippen LogP contribution is -2.24. The first-order valence-corrected chi connectivity index (χ1v) is 2.74. The highest BCUT2D eigenvalue weighted by molar-refractivity contribution is 5.10. The summed E-state index contributed by atoms with van der Waals surface area (Å²) in [4.78, 5) is 0. The van der Waals surface area contributed by atoms with E-state index in [0.29, 0.717) is 0 Å². The zero-order valence-corrected chi connectivity index (χ0v) is 5.14. The number of halogens is 2. The first kappa shape index (κ1) is 7.14. The maximum atomic E-state index is 12.5. The van der Waals surface area contributed by atoms with Crippen molar-refractivity contribution in [3.05, 3.63) is 18.0 Å². The molecule has 0 aliphatic carbocycles. The highest BCUT2D eigenvalue weighted by atomic mass is 19.3. The third kappa shape index (κ3) is 1.13. The SMILES string of the molecule is NCC(F)(F)c1cn[nH]c1. The summed E-state index contributed by atoms with van der Waals surface area (Å²) < 4.78 is 25.1. The van der Waals surface area contributed by atoms with Crippen molar-refractivity contribution in [3.8, 4) is 0 Å². The van der Waals surface area contributed by atoms with Gasteiger partial charge in [-0.25, -0.2) is 0 Å². The van der Waals surface area contributed by atoms with Crippen LogP contribution in [0.1, 0.15) is 5.56 Å². The van der Waals surface area contributed by atoms with E-state index in [0.717, 1.165) is 12.4 Å². The van der Waals surface area contributed by atoms with Gasteiger partial charge in [0.05, 0.1) is 18.3 Å². The van der Waals surface area contributed by atoms with Gasteiger partial charge in [0.2, 0.25) is 0 Å². The Morgan fingerprint density at radius 1 is 1.70 bits per heavy atom. The fourth-order valence-electron chi connectivity index (χ4n) is 0.569. The van der Waals surface area contributed by atoms with E-state index in [-0.39, 0.29) is 5.56 Å². The van der Waals surface area contributed by atoms with E-state index in [9.17, 15) is 8.78 Å². The van der Waals surface area contributed by atoms with Gasteiger partial charge in [-0.05, 0) is 0 Å². The molecule has 0 saturated heterocycles. The average Bonchev–Trinajstić information content (AvgIpc) is 2.38. The largest absolute Gasteiger partial charge is 0.325 e. The van der Waals surface area contributed by atoms with Crippen molar-refractivity contribution in [1.82, 2.24) is 10.2 Å². The third-order valence-corrected chi connectivity index (χ3v) is 1.18. The molecule has 1 aromatic rings. The summed E-state index contributed by atoms with van der Waals surface area (Å²) in [6, 6.07) is 0. The Morgan fingerprint density at radius 2 is 2.40 bits per heavy atom. The molecule has 0 aliphatic rings. The molecule has 0 amide bonds. The van der Waals surface area contributed by atoms with Crippen molar-refractivity contribution in [1.29, 1.82) is 0 Å². The van der Waals surface area contributed by atoms with Crippen LogP contribution in [0.5, 0.6) is 0 Å². The summed E-state index contributed by atoms with van der Waals surface area (Å²) in [6.45, 7) is -0.688. The number of H-pyrrole nitrogens is 1. The summed E-state index contributed by atoms with van der Waals surface area (Å²) in [5.74, 6) is -2.95. The lowest BCUT2D eigenvalue weighted by atomic mass is 10.2. The molecule has 1 rings (SSSR count). The van der Waals surface area contributed by atoms with Gasteiger partial charge in [-0.15, -0.1) is 0 Å². The first-order valence-electron chi connectivity index (χ1n) is 2.74. The van der Waals surface area contributed by atoms with E-state index >= 15 is 0 Å². The van der Waals surface area contributed by atoms with Crippen LogP contribution >= 0.6 is 0 Å². The molecule has 10 heavy (non-hydrogen) atoms. The number of aromatic amines is 1. The summed E-state index contributed by atoms with van der Waals surface area (Å²) >= 11 is 0. The molecule has 0 unspecified atom stereocenters. The molecule has 0 radical (unpaired) electrons. The Balaban J connectivity index is 2.85. The average molecular weight is 147 g/mol. The number of alkyl halides is 2. The van der Waals surface area contributed by atoms with Crippen LogP contribution in [-0.2, 0) is 5.92 Å². The molecule has 0 saturated carbocycles. The van der Waals surface area contributed by atoms with Crippen LogP contribution in [0.2, 0.25) is 0 Å². The minimum Gasteiger partial charge on any atom is -0.325 e. The molecule has 0 atom stereocenters. The Kier molecular flexibility index (Phi) is 1.67. The fourth-order valence-corrected chi connectivity index (χ4v) is 0.569. The lowest BCUT2D eigenvalue weighted by Gasteiger charge is -2.09. The monoisotopic (exact) mass is 147 g/mol. The predicted molar refractivity (Wildman–Crippen MR) is 31.5 cm³/mol. The van der Waals surface area contributed by atoms with Crippen molar-refractivity contribution in [3.63, 3.8) is 0 Å². The Labute approximate surface area is 56.2 Å². The van der Waals surface area contributed by atoms with Crippen LogP contribution in [0.25, 0.3) is 0 Å². The number of aromatic nitrogens is 2. The number of nitrogens with two attached hydrogens (primary N) is 1. The van der Waals surface area contributed by atoms with Crippen LogP contribution in [0.4, 0.5) is 8.78 Å². The van der Waals surface area contributed by atoms with E-state index in [4.69, 9.17) is 5.73 Å². The van der Waals surface area contributed by atoms with Crippen molar-refractivity contribution in [2.45, 2.75) is 5.92 Å². The number of nitrogens with one attached hydrogen (secondary N) is 1. The van der Waals surface area contributed by atoms with Crippen LogP contribution in [0.15, 0.2) is 12.4 Å². The number of hydrogen-bond acceptors (Lipinski definition) is 2. The Morgan fingerprint density at radius 3 is 2.80 bits per heavy atom. The quantitative estimate of drug-likeness (QED) is 0.638. The summed E-state index contributed by atoms with van der Waals surface area (Å²) in [6.07, 6.45) is 2.19. The minimum atomic E-state index is -2.95. The summed E-state index contributed by atoms with van der Waals surface area (Å²) in [5, 5.41) is 5.66. The van der Waals surface area contributed by atoms with Crippen LogP contribution in [-0.4, -0.2) is 16.7 Å². The molecule has 0 bridgehead atoms. The number of hydrogen-bond donors (Lipinski definition) is 2. The molecular weight excluding hydrogens is 140 g/mol. The lowest BCUT2D eigenvalue weighted by molar-refractivity contribution is 0.00599. The predicted octanol–water partition coefficient (Wildman–Crippen LogP) is 0.460. The first-order chi connectivity index (χ1) is 4.67. The number of nitrogens with zero attached hydrogens (tertiary/aromatic N) is 1. The van der Waals surface area contributed by atoms with Crippen molar-refractivity contribution in [2.75, 3.05) is 6.54 Å². The normalized spacial score (nSPS) is 11.9. The highest BCUT2D eigenvalue weighted by Crippen LogP contribution is 2.24. The second kappa shape index (κ2) is 2.34. The fraction of sp³-hybridized carbons (Fsp3) is 0.400. The maximum absolute atomic E-state index is 12.5. The Bertz CT molecular complexity index is 195. The van der Waals surface area contributed by atoms with Crippen LogP contribution in [0.3, 0.4) is 0 Å². The molecular formula is C5H7F2N3. The molecule has 0 aromatic carbocycles. The van der Waals surface area contributed by atoms with Gasteiger partial charge in [-0.1, -0.05) is 0 Å². The van der Waals surface area contributed by atoms with E-state index < -0.39 is 12.5 Å². The molecule has 5 heteroatoms. The van der Waals surface area contributed by atoms with Gasteiger partial charge >= 0.3 is 0 Å². The van der Waals surface area contributed by atoms with E-state index in [2.05, 4.69) is 10.2 Å². The van der Waals surface area contributed by atoms with Crippen molar-refractivity contribution >= 4 is 0 Å². The molecule has 3 nitrogen and oxygen atoms in total. The van der Waals surface area contributed by atoms with Gasteiger partial charge in [0, 0.05) is 6.20 Å². The van der Waals surface area contributed by atoms with Gasteiger partial charge in [-0.3, -0.25) is 5.10 Å². The van der Waals surface area contributed by atoms with Gasteiger partial charge in [0.25, 0.3) is 5.92 Å². The standard InChI is InChI=1S/C5H7F2N3/c6-5(7,3-8)4-1-9-10-2-4/h1-2H,3,8H2,(H,9,10). The summed E-state index contributed by atoms with van der Waals surface area (Å²) in [5.41, 5.74) is 4.63. The van der Waals surface area contributed by atoms with E-state index in [1.54, 1.807) is 0 Å². The van der Waals surface area contributed by atoms with Crippen molar-refractivity contribution < 1.29 is 8.78 Å². The summed E-state index contributed by atoms with van der Waals surface area (Å²) in [7, 11) is 0. The van der Waals surface area contributed by atoms with E-state index in [1.807, 2.05) is 0 Å². The zero-order chi connectivity index (χ0) is 7.61.